The van der Waals surface area contributed by atoms with Crippen LogP contribution in [0.15, 0.2) is 42.6 Å². The molecule has 0 atom stereocenters. The number of methoxy groups -OCH3 is 1. The van der Waals surface area contributed by atoms with Crippen LogP contribution in [-0.2, 0) is 4.79 Å². The van der Waals surface area contributed by atoms with E-state index in [-0.39, 0.29) is 5.91 Å². The van der Waals surface area contributed by atoms with E-state index in [0.717, 1.165) is 45.9 Å². The summed E-state index contributed by atoms with van der Waals surface area (Å²) in [5, 5.41) is 7.60. The molecule has 4 heterocycles. The van der Waals surface area contributed by atoms with Gasteiger partial charge in [-0.25, -0.2) is 9.97 Å². The maximum absolute atomic E-state index is 12.0. The van der Waals surface area contributed by atoms with Crippen molar-refractivity contribution in [2.24, 2.45) is 0 Å². The number of H-pyrrole nitrogens is 1. The number of piperazine rings is 1. The summed E-state index contributed by atoms with van der Waals surface area (Å²) in [5.74, 6) is 1.58. The summed E-state index contributed by atoms with van der Waals surface area (Å²) in [4.78, 5) is 25.4. The number of amides is 1. The number of aryl methyl sites for hydroxylation is 1. The minimum atomic E-state index is 0.0996. The zero-order chi connectivity index (χ0) is 23.1. The molecule has 1 aromatic carbocycles. The second-order valence-electron chi connectivity index (χ2n) is 8.40. The van der Waals surface area contributed by atoms with Gasteiger partial charge in [0.05, 0.1) is 19.2 Å². The zero-order valence-corrected chi connectivity index (χ0v) is 19.2. The standard InChI is InChI=1S/C25H26N6O2/c1-15-6-5-7-18(16(15)2)24-20(33-4)12-19-25(27-24)23(29-28-19)17-8-9-21(26-13-17)31-11-10-30(3)22(32)14-31/h5-9,12-13H,10-11,14H2,1-4H3,(H,28,29). The number of pyridine rings is 2. The molecular weight excluding hydrogens is 416 g/mol. The van der Waals surface area contributed by atoms with Gasteiger partial charge >= 0.3 is 0 Å². The van der Waals surface area contributed by atoms with Gasteiger partial charge in [0.15, 0.2) is 0 Å². The lowest BCUT2D eigenvalue weighted by Crippen LogP contribution is -2.48. The van der Waals surface area contributed by atoms with Gasteiger partial charge in [-0.1, -0.05) is 18.2 Å². The number of rotatable bonds is 4. The molecule has 1 aliphatic heterocycles. The average molecular weight is 443 g/mol. The maximum Gasteiger partial charge on any atom is 0.241 e. The molecule has 1 fully saturated rings. The normalized spacial score (nSPS) is 14.2. The fourth-order valence-electron chi connectivity index (χ4n) is 4.15. The second kappa shape index (κ2) is 8.20. The molecular formula is C25H26N6O2. The summed E-state index contributed by atoms with van der Waals surface area (Å²) < 4.78 is 5.66. The summed E-state index contributed by atoms with van der Waals surface area (Å²) in [6, 6.07) is 12.0. The van der Waals surface area contributed by atoms with Crippen molar-refractivity contribution in [2.75, 3.05) is 38.7 Å². The molecule has 0 radical (unpaired) electrons. The first-order chi connectivity index (χ1) is 16.0. The Bertz CT molecular complexity index is 1350. The summed E-state index contributed by atoms with van der Waals surface area (Å²) in [6.45, 7) is 5.99. The van der Waals surface area contributed by atoms with Gasteiger partial charge in [0.25, 0.3) is 0 Å². The van der Waals surface area contributed by atoms with E-state index in [9.17, 15) is 4.79 Å². The van der Waals surface area contributed by atoms with Crippen molar-refractivity contribution in [1.82, 2.24) is 25.1 Å². The molecule has 0 unspecified atom stereocenters. The Morgan fingerprint density at radius 2 is 1.94 bits per heavy atom. The Hall–Kier alpha value is -3.94. The van der Waals surface area contributed by atoms with Crippen molar-refractivity contribution in [2.45, 2.75) is 13.8 Å². The molecule has 8 nitrogen and oxygen atoms in total. The van der Waals surface area contributed by atoms with Gasteiger partial charge < -0.3 is 14.5 Å². The highest BCUT2D eigenvalue weighted by Crippen LogP contribution is 2.36. The van der Waals surface area contributed by atoms with Gasteiger partial charge in [0.2, 0.25) is 5.91 Å². The fourth-order valence-corrected chi connectivity index (χ4v) is 4.15. The number of hydrogen-bond donors (Lipinski definition) is 1. The van der Waals surface area contributed by atoms with Gasteiger partial charge in [0, 0.05) is 43.5 Å². The summed E-state index contributed by atoms with van der Waals surface area (Å²) in [5.41, 5.74) is 7.33. The molecule has 168 valence electrons. The molecule has 8 heteroatoms. The van der Waals surface area contributed by atoms with Crippen LogP contribution >= 0.6 is 0 Å². The predicted octanol–water partition coefficient (Wildman–Crippen LogP) is 3.59. The number of benzene rings is 1. The Balaban J connectivity index is 1.54. The number of aromatic amines is 1. The molecule has 1 aliphatic rings. The van der Waals surface area contributed by atoms with E-state index in [2.05, 4.69) is 41.2 Å². The van der Waals surface area contributed by atoms with Gasteiger partial charge in [-0.15, -0.1) is 0 Å². The summed E-state index contributed by atoms with van der Waals surface area (Å²) in [7, 11) is 3.48. The molecule has 0 spiro atoms. The Morgan fingerprint density at radius 3 is 2.67 bits per heavy atom. The maximum atomic E-state index is 12.0. The number of anilines is 1. The van der Waals surface area contributed by atoms with Crippen LogP contribution in [-0.4, -0.2) is 64.8 Å². The van der Waals surface area contributed by atoms with Gasteiger partial charge in [-0.05, 0) is 37.1 Å². The highest BCUT2D eigenvalue weighted by atomic mass is 16.5. The summed E-state index contributed by atoms with van der Waals surface area (Å²) in [6.07, 6.45) is 1.79. The minimum absolute atomic E-state index is 0.0996. The van der Waals surface area contributed by atoms with E-state index in [1.807, 2.05) is 36.2 Å². The molecule has 0 saturated carbocycles. The highest BCUT2D eigenvalue weighted by Gasteiger charge is 2.22. The van der Waals surface area contributed by atoms with Gasteiger partial charge in [-0.2, -0.15) is 5.10 Å². The first-order valence-electron chi connectivity index (χ1n) is 10.9. The van der Waals surface area contributed by atoms with Crippen molar-refractivity contribution in [1.29, 1.82) is 0 Å². The third-order valence-electron chi connectivity index (χ3n) is 6.38. The van der Waals surface area contributed by atoms with E-state index in [4.69, 9.17) is 9.72 Å². The number of nitrogens with zero attached hydrogens (tertiary/aromatic N) is 5. The third kappa shape index (κ3) is 3.67. The van der Waals surface area contributed by atoms with Crippen molar-refractivity contribution in [3.8, 4) is 28.3 Å². The number of fused-ring (bicyclic) bond motifs is 1. The van der Waals surface area contributed by atoms with Crippen LogP contribution in [0.5, 0.6) is 5.75 Å². The topological polar surface area (TPSA) is 87.2 Å². The number of nitrogens with one attached hydrogen (secondary N) is 1. The molecule has 4 aromatic rings. The smallest absolute Gasteiger partial charge is 0.241 e. The highest BCUT2D eigenvalue weighted by molar-refractivity contribution is 5.93. The van der Waals surface area contributed by atoms with Crippen LogP contribution < -0.4 is 9.64 Å². The van der Waals surface area contributed by atoms with Crippen molar-refractivity contribution >= 4 is 22.8 Å². The summed E-state index contributed by atoms with van der Waals surface area (Å²) >= 11 is 0. The van der Waals surface area contributed by atoms with E-state index >= 15 is 0 Å². The lowest BCUT2D eigenvalue weighted by atomic mass is 9.99. The number of likely N-dealkylation sites (N-methyl/N-ethyl adjacent to an activating group) is 1. The van der Waals surface area contributed by atoms with Crippen molar-refractivity contribution in [3.63, 3.8) is 0 Å². The molecule has 5 rings (SSSR count). The number of carbonyl (C=O) groups is 1. The number of aromatic nitrogens is 4. The third-order valence-corrected chi connectivity index (χ3v) is 6.38. The Morgan fingerprint density at radius 1 is 1.09 bits per heavy atom. The predicted molar refractivity (Wildman–Crippen MR) is 128 cm³/mol. The first kappa shape index (κ1) is 20.9. The molecule has 3 aromatic heterocycles. The SMILES string of the molecule is COc1cc2[nH]nc(-c3ccc(N4CCN(C)C(=O)C4)nc3)c2nc1-c1cccc(C)c1C. The van der Waals surface area contributed by atoms with Crippen LogP contribution in [0.1, 0.15) is 11.1 Å². The average Bonchev–Trinajstić information content (AvgIpc) is 3.25. The van der Waals surface area contributed by atoms with Crippen LogP contribution in [0.3, 0.4) is 0 Å². The number of hydrogen-bond acceptors (Lipinski definition) is 6. The fraction of sp³-hybridized carbons (Fsp3) is 0.280. The van der Waals surface area contributed by atoms with E-state index in [1.54, 1.807) is 18.2 Å². The molecule has 0 aliphatic carbocycles. The van der Waals surface area contributed by atoms with Crippen LogP contribution in [0.2, 0.25) is 0 Å². The molecule has 33 heavy (non-hydrogen) atoms. The number of ether oxygens (including phenoxy) is 1. The minimum Gasteiger partial charge on any atom is -0.494 e. The van der Waals surface area contributed by atoms with E-state index < -0.39 is 0 Å². The van der Waals surface area contributed by atoms with Crippen LogP contribution in [0, 0.1) is 13.8 Å². The lowest BCUT2D eigenvalue weighted by molar-refractivity contribution is -0.129. The van der Waals surface area contributed by atoms with Crippen LogP contribution in [0.25, 0.3) is 33.5 Å². The Kier molecular flexibility index (Phi) is 5.20. The largest absolute Gasteiger partial charge is 0.494 e. The van der Waals surface area contributed by atoms with E-state index in [1.165, 1.54) is 11.1 Å². The zero-order valence-electron chi connectivity index (χ0n) is 19.2. The van der Waals surface area contributed by atoms with Crippen molar-refractivity contribution in [3.05, 3.63) is 53.7 Å². The van der Waals surface area contributed by atoms with Gasteiger partial charge in [-0.3, -0.25) is 9.89 Å². The lowest BCUT2D eigenvalue weighted by Gasteiger charge is -2.32. The molecule has 1 saturated heterocycles. The Labute approximate surface area is 192 Å². The second-order valence-corrected chi connectivity index (χ2v) is 8.40. The van der Waals surface area contributed by atoms with E-state index in [0.29, 0.717) is 18.8 Å². The first-order valence-corrected chi connectivity index (χ1v) is 10.9. The monoisotopic (exact) mass is 442 g/mol. The number of carbonyl (C=O) groups excluding carboxylic acids is 1. The van der Waals surface area contributed by atoms with Crippen molar-refractivity contribution < 1.29 is 9.53 Å². The molecule has 1 amide bonds. The molecule has 1 N–H and O–H groups in total. The van der Waals surface area contributed by atoms with Crippen LogP contribution in [0.4, 0.5) is 5.82 Å². The quantitative estimate of drug-likeness (QED) is 0.520. The van der Waals surface area contributed by atoms with Gasteiger partial charge in [0.1, 0.15) is 28.5 Å². The molecule has 0 bridgehead atoms.